The van der Waals surface area contributed by atoms with Gasteiger partial charge >= 0.3 is 5.97 Å². The van der Waals surface area contributed by atoms with E-state index in [0.29, 0.717) is 5.57 Å². The monoisotopic (exact) mass is 432 g/mol. The number of aliphatic carboxylic acids is 1. The molecule has 0 saturated heterocycles. The van der Waals surface area contributed by atoms with E-state index in [1.165, 1.54) is 0 Å². The Kier molecular flexibility index (Phi) is 6.87. The van der Waals surface area contributed by atoms with E-state index in [4.69, 9.17) is 5.11 Å². The summed E-state index contributed by atoms with van der Waals surface area (Å²) in [4.78, 5) is 36.5. The number of hydrogen-bond donors (Lipinski definition) is 2. The standard InChI is InChI=1S/C25H33FO5/c1-24(2,26)18-8-6-16(7-9-18)14-17-10-11-25(12-13-25)23(31)22(20(28)15-17)19(27)4-3-5-21(29)30/h6,8-9,16-17,31H,3-5,7,10-15H2,1-2H3,(H,29,30)/b23-22+. The van der Waals surface area contributed by atoms with Crippen LogP contribution < -0.4 is 0 Å². The molecule has 3 aliphatic carbocycles. The number of carboxylic acid groups (broad SMARTS) is 1. The molecule has 1 saturated carbocycles. The van der Waals surface area contributed by atoms with Crippen molar-refractivity contribution in [1.29, 1.82) is 0 Å². The fourth-order valence-electron chi connectivity index (χ4n) is 4.82. The van der Waals surface area contributed by atoms with Gasteiger partial charge in [-0.1, -0.05) is 18.2 Å². The molecule has 0 radical (unpaired) electrons. The predicted molar refractivity (Wildman–Crippen MR) is 115 cm³/mol. The molecule has 0 aliphatic heterocycles. The van der Waals surface area contributed by atoms with E-state index < -0.39 is 22.8 Å². The summed E-state index contributed by atoms with van der Waals surface area (Å²) in [5, 5.41) is 19.6. The lowest BCUT2D eigenvalue weighted by Crippen LogP contribution is -2.26. The zero-order valence-electron chi connectivity index (χ0n) is 18.5. The Balaban J connectivity index is 1.69. The van der Waals surface area contributed by atoms with E-state index in [9.17, 15) is 23.9 Å². The number of allylic oxidation sites excluding steroid dienone is 6. The van der Waals surface area contributed by atoms with Crippen molar-refractivity contribution < 1.29 is 29.0 Å². The molecule has 0 heterocycles. The van der Waals surface area contributed by atoms with Crippen LogP contribution in [0.4, 0.5) is 4.39 Å². The number of rotatable bonds is 8. The minimum Gasteiger partial charge on any atom is -0.511 e. The molecule has 2 atom stereocenters. The normalized spacial score (nSPS) is 28.1. The smallest absolute Gasteiger partial charge is 0.303 e. The lowest BCUT2D eigenvalue weighted by Gasteiger charge is -2.28. The summed E-state index contributed by atoms with van der Waals surface area (Å²) >= 11 is 0. The second-order valence-electron chi connectivity index (χ2n) is 9.93. The minimum absolute atomic E-state index is 0.0455. The van der Waals surface area contributed by atoms with Gasteiger partial charge in [0.05, 0.1) is 5.57 Å². The van der Waals surface area contributed by atoms with Gasteiger partial charge in [0.25, 0.3) is 0 Å². The Morgan fingerprint density at radius 2 is 1.94 bits per heavy atom. The van der Waals surface area contributed by atoms with Gasteiger partial charge in [-0.15, -0.1) is 0 Å². The summed E-state index contributed by atoms with van der Waals surface area (Å²) in [7, 11) is 0. The molecule has 0 aromatic carbocycles. The molecule has 0 bridgehead atoms. The molecule has 0 amide bonds. The second-order valence-corrected chi connectivity index (χ2v) is 9.93. The van der Waals surface area contributed by atoms with Gasteiger partial charge in [-0.05, 0) is 76.2 Å². The van der Waals surface area contributed by atoms with Crippen LogP contribution in [-0.2, 0) is 14.4 Å². The third-order valence-electron chi connectivity index (χ3n) is 6.96. The Labute approximate surface area is 183 Å². The number of hydrogen-bond acceptors (Lipinski definition) is 4. The van der Waals surface area contributed by atoms with Crippen molar-refractivity contribution in [3.8, 4) is 0 Å². The lowest BCUT2D eigenvalue weighted by molar-refractivity contribution is -0.137. The molecular formula is C25H33FO5. The maximum absolute atomic E-state index is 14.1. The van der Waals surface area contributed by atoms with Crippen LogP contribution in [0.5, 0.6) is 0 Å². The molecule has 1 fully saturated rings. The highest BCUT2D eigenvalue weighted by Crippen LogP contribution is 2.57. The number of aliphatic hydroxyl groups is 1. The Hall–Kier alpha value is -2.24. The van der Waals surface area contributed by atoms with Crippen LogP contribution in [0.25, 0.3) is 0 Å². The molecule has 2 N–H and O–H groups in total. The van der Waals surface area contributed by atoms with Gasteiger partial charge in [0.15, 0.2) is 11.6 Å². The molecule has 5 nitrogen and oxygen atoms in total. The van der Waals surface area contributed by atoms with E-state index in [1.54, 1.807) is 13.8 Å². The van der Waals surface area contributed by atoms with Crippen molar-refractivity contribution in [2.45, 2.75) is 83.7 Å². The maximum atomic E-state index is 14.1. The van der Waals surface area contributed by atoms with Crippen LogP contribution in [0.3, 0.4) is 0 Å². The highest BCUT2D eigenvalue weighted by atomic mass is 19.1. The van der Waals surface area contributed by atoms with Crippen LogP contribution in [0, 0.1) is 17.3 Å². The first-order valence-electron chi connectivity index (χ1n) is 11.3. The van der Waals surface area contributed by atoms with Gasteiger partial charge in [0.1, 0.15) is 11.4 Å². The van der Waals surface area contributed by atoms with Crippen LogP contribution in [0.1, 0.15) is 78.1 Å². The van der Waals surface area contributed by atoms with Crippen molar-refractivity contribution in [2.75, 3.05) is 0 Å². The zero-order valence-corrected chi connectivity index (χ0v) is 18.5. The van der Waals surface area contributed by atoms with Crippen molar-refractivity contribution in [3.05, 3.63) is 35.1 Å². The summed E-state index contributed by atoms with van der Waals surface area (Å²) in [6, 6.07) is 0. The SMILES string of the molecule is CC(C)(F)C1=CCC(CC2CCC3(CC3)/C(O)=C(/C(=O)CCCC(=O)O)C(=O)C2)C=C1. The summed E-state index contributed by atoms with van der Waals surface area (Å²) in [6.45, 7) is 3.08. The molecule has 1 spiro atoms. The number of halogens is 1. The first-order chi connectivity index (χ1) is 14.5. The Bertz CT molecular complexity index is 838. The van der Waals surface area contributed by atoms with Crippen LogP contribution >= 0.6 is 0 Å². The third kappa shape index (κ3) is 5.72. The van der Waals surface area contributed by atoms with Gasteiger partial charge in [-0.25, -0.2) is 4.39 Å². The number of alkyl halides is 1. The molecule has 3 aliphatic rings. The van der Waals surface area contributed by atoms with Crippen LogP contribution in [-0.4, -0.2) is 33.4 Å². The number of carboxylic acids is 1. The number of carbonyl (C=O) groups excluding carboxylic acids is 2. The summed E-state index contributed by atoms with van der Waals surface area (Å²) in [5.74, 6) is -1.48. The highest BCUT2D eigenvalue weighted by Gasteiger charge is 2.50. The second kappa shape index (κ2) is 9.09. The van der Waals surface area contributed by atoms with E-state index in [2.05, 4.69) is 0 Å². The van der Waals surface area contributed by atoms with Crippen molar-refractivity contribution in [1.82, 2.24) is 0 Å². The van der Waals surface area contributed by atoms with Crippen LogP contribution in [0.15, 0.2) is 35.1 Å². The van der Waals surface area contributed by atoms with Gasteiger partial charge < -0.3 is 10.2 Å². The van der Waals surface area contributed by atoms with E-state index in [-0.39, 0.29) is 54.6 Å². The van der Waals surface area contributed by atoms with Crippen molar-refractivity contribution in [3.63, 3.8) is 0 Å². The summed E-state index contributed by atoms with van der Waals surface area (Å²) in [5.41, 5.74) is -1.24. The molecular weight excluding hydrogens is 399 g/mol. The molecule has 170 valence electrons. The minimum atomic E-state index is -1.37. The van der Waals surface area contributed by atoms with E-state index in [1.807, 2.05) is 18.2 Å². The molecule has 6 heteroatoms. The Morgan fingerprint density at radius 1 is 1.23 bits per heavy atom. The predicted octanol–water partition coefficient (Wildman–Crippen LogP) is 5.41. The van der Waals surface area contributed by atoms with Gasteiger partial charge in [-0.3, -0.25) is 14.4 Å². The Morgan fingerprint density at radius 3 is 2.48 bits per heavy atom. The lowest BCUT2D eigenvalue weighted by atomic mass is 9.76. The average Bonchev–Trinajstić information content (AvgIpc) is 3.46. The highest BCUT2D eigenvalue weighted by molar-refractivity contribution is 6.20. The summed E-state index contributed by atoms with van der Waals surface area (Å²) < 4.78 is 14.1. The fourth-order valence-corrected chi connectivity index (χ4v) is 4.82. The quantitative estimate of drug-likeness (QED) is 0.500. The number of ketones is 2. The zero-order chi connectivity index (χ0) is 22.8. The number of carbonyl (C=O) groups is 3. The molecule has 0 aromatic rings. The fraction of sp³-hybridized carbons (Fsp3) is 0.640. The third-order valence-corrected chi connectivity index (χ3v) is 6.96. The van der Waals surface area contributed by atoms with Crippen LogP contribution in [0.2, 0.25) is 0 Å². The number of aliphatic hydroxyl groups excluding tert-OH is 1. The molecule has 3 rings (SSSR count). The molecule has 2 unspecified atom stereocenters. The van der Waals surface area contributed by atoms with Gasteiger partial charge in [0, 0.05) is 24.7 Å². The molecule has 0 aromatic heterocycles. The van der Waals surface area contributed by atoms with E-state index >= 15 is 0 Å². The average molecular weight is 433 g/mol. The number of Topliss-reactive ketones (excluding diaryl/α,β-unsaturated/α-hetero) is 2. The topological polar surface area (TPSA) is 91.7 Å². The maximum Gasteiger partial charge on any atom is 0.303 e. The largest absolute Gasteiger partial charge is 0.511 e. The van der Waals surface area contributed by atoms with E-state index in [0.717, 1.165) is 38.5 Å². The molecule has 31 heavy (non-hydrogen) atoms. The first kappa shape index (κ1) is 23.4. The van der Waals surface area contributed by atoms with Gasteiger partial charge in [0.2, 0.25) is 0 Å². The first-order valence-corrected chi connectivity index (χ1v) is 11.3. The summed E-state index contributed by atoms with van der Waals surface area (Å²) in [6.07, 6.45) is 10.6. The van der Waals surface area contributed by atoms with Gasteiger partial charge in [-0.2, -0.15) is 0 Å². The van der Waals surface area contributed by atoms with Crippen molar-refractivity contribution >= 4 is 17.5 Å². The van der Waals surface area contributed by atoms with Crippen molar-refractivity contribution in [2.24, 2.45) is 17.3 Å².